The topological polar surface area (TPSA) is 124 Å². The van der Waals surface area contributed by atoms with Gasteiger partial charge in [0, 0.05) is 88.7 Å². The zero-order valence-electron chi connectivity index (χ0n) is 30.6. The second-order valence-corrected chi connectivity index (χ2v) is 16.6. The number of hydrogen-bond acceptors (Lipinski definition) is 11. The first-order valence-electron chi connectivity index (χ1n) is 17.3. The highest BCUT2D eigenvalue weighted by molar-refractivity contribution is 9.10. The van der Waals surface area contributed by atoms with Gasteiger partial charge in [-0.1, -0.05) is 20.9 Å². The molecule has 2 aliphatic heterocycles. The van der Waals surface area contributed by atoms with E-state index in [-0.39, 0.29) is 0 Å². The number of piperidine rings is 1. The number of rotatable bonds is 12. The number of likely N-dealkylation sites (N-methyl/N-ethyl adjacent to an activating group) is 1. The average Bonchev–Trinajstić information content (AvgIpc) is 3.12. The zero-order chi connectivity index (χ0) is 35.9. The van der Waals surface area contributed by atoms with Gasteiger partial charge in [-0.2, -0.15) is 4.98 Å². The molecule has 3 heterocycles. The molecule has 2 fully saturated rings. The number of piperazine rings is 1. The van der Waals surface area contributed by atoms with Crippen molar-refractivity contribution in [2.24, 2.45) is 11.5 Å². The number of nitrogens with zero attached hydrogens (tertiary/aromatic N) is 6. The van der Waals surface area contributed by atoms with Crippen LogP contribution in [0.5, 0.6) is 5.75 Å². The molecule has 0 radical (unpaired) electrons. The minimum atomic E-state index is -0.464. The van der Waals surface area contributed by atoms with Crippen LogP contribution in [0.1, 0.15) is 30.9 Å². The molecular weight excluding hydrogens is 711 g/mol. The molecule has 0 aliphatic carbocycles. The van der Waals surface area contributed by atoms with Crippen LogP contribution in [-0.2, 0) is 6.42 Å². The van der Waals surface area contributed by atoms with Crippen molar-refractivity contribution >= 4 is 63.7 Å². The lowest BCUT2D eigenvalue weighted by atomic mass is 9.99. The van der Waals surface area contributed by atoms with E-state index >= 15 is 0 Å². The minimum absolute atomic E-state index is 0.464. The van der Waals surface area contributed by atoms with Gasteiger partial charge in [0.2, 0.25) is 5.95 Å². The fourth-order valence-electron chi connectivity index (χ4n) is 6.49. The molecule has 6 N–H and O–H groups in total. The first kappa shape index (κ1) is 37.7. The molecule has 3 aromatic rings. The molecule has 0 unspecified atom stereocenters. The maximum atomic E-state index is 6.44. The Morgan fingerprint density at radius 3 is 2.38 bits per heavy atom. The van der Waals surface area contributed by atoms with Gasteiger partial charge >= 0.3 is 0 Å². The van der Waals surface area contributed by atoms with Gasteiger partial charge in [-0.15, -0.1) is 0 Å². The molecule has 0 atom stereocenters. The Morgan fingerprint density at radius 2 is 1.74 bits per heavy atom. The summed E-state index contributed by atoms with van der Waals surface area (Å²) < 4.78 is 6.69. The number of anilines is 5. The fourth-order valence-corrected chi connectivity index (χ4v) is 7.79. The van der Waals surface area contributed by atoms with Crippen molar-refractivity contribution in [3.63, 3.8) is 0 Å². The van der Waals surface area contributed by atoms with Gasteiger partial charge in [-0.3, -0.25) is 4.90 Å². The molecule has 13 heteroatoms. The van der Waals surface area contributed by atoms with Crippen LogP contribution in [0.15, 0.2) is 59.0 Å². The highest BCUT2D eigenvalue weighted by Crippen LogP contribution is 2.38. The molecule has 5 rings (SSSR count). The van der Waals surface area contributed by atoms with Gasteiger partial charge in [-0.25, -0.2) is 4.98 Å². The maximum absolute atomic E-state index is 6.44. The van der Waals surface area contributed by atoms with E-state index in [4.69, 9.17) is 21.2 Å². The highest BCUT2D eigenvalue weighted by Gasteiger charge is 2.28. The number of nitrogens with two attached hydrogens (primary N) is 2. The van der Waals surface area contributed by atoms with E-state index in [2.05, 4.69) is 97.8 Å². The number of ether oxygens (including phenoxy) is 1. The quantitative estimate of drug-likeness (QED) is 0.137. The molecule has 270 valence electrons. The largest absolute Gasteiger partial charge is 0.494 e. The standard InChI is InChI=1S/C37H54BrN10OP/c1-8-25-21-31(33(49-5)23-32(25)48-15-13-27(14-16-48)47-19-17-46(4)18-20-47)43-37-41-24-28(38)36(44-37)42-30-11-9-26(22-34(30)50(6)7)29(39)10-12-35(40)45(2)3/h9-12,21-24,27H,8,13-20,39-40H2,1-7H3,(H2,41,42,43,44)/b29-10-,35-12+. The summed E-state index contributed by atoms with van der Waals surface area (Å²) >= 11 is 3.66. The van der Waals surface area contributed by atoms with Crippen LogP contribution in [0.3, 0.4) is 0 Å². The second-order valence-electron chi connectivity index (χ2n) is 13.5. The number of allylic oxidation sites excluding steroid dienone is 2. The zero-order valence-corrected chi connectivity index (χ0v) is 33.1. The predicted molar refractivity (Wildman–Crippen MR) is 216 cm³/mol. The summed E-state index contributed by atoms with van der Waals surface area (Å²) in [6.45, 7) is 13.4. The summed E-state index contributed by atoms with van der Waals surface area (Å²) in [7, 11) is 7.28. The molecule has 2 aromatic carbocycles. The summed E-state index contributed by atoms with van der Waals surface area (Å²) in [5.41, 5.74) is 18.4. The lowest BCUT2D eigenvalue weighted by Gasteiger charge is -2.43. The Labute approximate surface area is 308 Å². The van der Waals surface area contributed by atoms with Gasteiger partial charge in [-0.05, 0) is 102 Å². The lowest BCUT2D eigenvalue weighted by molar-refractivity contribution is 0.0982. The normalized spacial score (nSPS) is 16.9. The van der Waals surface area contributed by atoms with Crippen molar-refractivity contribution in [1.29, 1.82) is 0 Å². The number of methoxy groups -OCH3 is 1. The van der Waals surface area contributed by atoms with Crippen molar-refractivity contribution in [3.8, 4) is 5.75 Å². The molecule has 0 bridgehead atoms. The van der Waals surface area contributed by atoms with Gasteiger partial charge in [0.25, 0.3) is 0 Å². The molecule has 0 amide bonds. The molecule has 2 aliphatic rings. The number of aromatic nitrogens is 2. The molecule has 1 aromatic heterocycles. The van der Waals surface area contributed by atoms with Crippen LogP contribution >= 0.6 is 23.9 Å². The Kier molecular flexibility index (Phi) is 12.9. The van der Waals surface area contributed by atoms with Crippen LogP contribution in [0.25, 0.3) is 5.70 Å². The molecule has 0 saturated carbocycles. The van der Waals surface area contributed by atoms with E-state index in [0.29, 0.717) is 29.3 Å². The number of hydrogen-bond donors (Lipinski definition) is 4. The van der Waals surface area contributed by atoms with Crippen molar-refractivity contribution in [1.82, 2.24) is 24.7 Å². The average molecular weight is 766 g/mol. The Morgan fingerprint density at radius 1 is 1.02 bits per heavy atom. The van der Waals surface area contributed by atoms with Crippen molar-refractivity contribution in [2.75, 3.05) is 96.4 Å². The second kappa shape index (κ2) is 17.1. The maximum Gasteiger partial charge on any atom is 0.229 e. The van der Waals surface area contributed by atoms with E-state index in [0.717, 1.165) is 59.8 Å². The summed E-state index contributed by atoms with van der Waals surface area (Å²) in [6, 6.07) is 11.2. The summed E-state index contributed by atoms with van der Waals surface area (Å²) in [4.78, 5) is 19.0. The third-order valence-electron chi connectivity index (χ3n) is 9.65. The van der Waals surface area contributed by atoms with E-state index < -0.39 is 7.92 Å². The van der Waals surface area contributed by atoms with Gasteiger partial charge < -0.3 is 41.5 Å². The van der Waals surface area contributed by atoms with E-state index in [1.807, 2.05) is 37.2 Å². The predicted octanol–water partition coefficient (Wildman–Crippen LogP) is 5.54. The van der Waals surface area contributed by atoms with Crippen molar-refractivity contribution in [2.45, 2.75) is 32.2 Å². The van der Waals surface area contributed by atoms with Crippen LogP contribution < -0.4 is 37.0 Å². The number of halogens is 1. The Bertz CT molecular complexity index is 1680. The monoisotopic (exact) mass is 764 g/mol. The van der Waals surface area contributed by atoms with E-state index in [9.17, 15) is 0 Å². The van der Waals surface area contributed by atoms with Crippen LogP contribution in [0.2, 0.25) is 0 Å². The summed E-state index contributed by atoms with van der Waals surface area (Å²) in [5.74, 6) is 2.54. The summed E-state index contributed by atoms with van der Waals surface area (Å²) in [6.07, 6.45) is 8.71. The fraction of sp³-hybridized carbons (Fsp3) is 0.459. The SMILES string of the molecule is CCc1cc(Nc2ncc(Br)c(Nc3ccc(/C(N)=C/C=C(\N)N(C)C)cc3P(C)C)n2)c(OC)cc1N1CCC(N2CCN(C)CC2)CC1. The highest BCUT2D eigenvalue weighted by atomic mass is 79.9. The minimum Gasteiger partial charge on any atom is -0.494 e. The number of aryl methyl sites for hydroxylation is 1. The van der Waals surface area contributed by atoms with Crippen LogP contribution in [0.4, 0.5) is 28.8 Å². The first-order valence-corrected chi connectivity index (χ1v) is 20.4. The van der Waals surface area contributed by atoms with E-state index in [1.165, 1.54) is 42.5 Å². The Hall–Kier alpha value is -3.57. The molecule has 2 saturated heterocycles. The lowest BCUT2D eigenvalue weighted by Crippen LogP contribution is -2.52. The van der Waals surface area contributed by atoms with Crippen LogP contribution in [-0.4, -0.2) is 112 Å². The molecule has 0 spiro atoms. The third kappa shape index (κ3) is 9.20. The van der Waals surface area contributed by atoms with Crippen molar-refractivity contribution < 1.29 is 4.74 Å². The van der Waals surface area contributed by atoms with Gasteiger partial charge in [0.1, 0.15) is 11.6 Å². The molecule has 50 heavy (non-hydrogen) atoms. The smallest absolute Gasteiger partial charge is 0.229 e. The number of benzene rings is 2. The third-order valence-corrected chi connectivity index (χ3v) is 11.6. The van der Waals surface area contributed by atoms with Gasteiger partial charge in [0.15, 0.2) is 0 Å². The van der Waals surface area contributed by atoms with E-state index in [1.54, 1.807) is 13.3 Å². The van der Waals surface area contributed by atoms with Crippen molar-refractivity contribution in [3.05, 3.63) is 70.1 Å². The molecular formula is C37H54BrN10OP. The first-order chi connectivity index (χ1) is 24.0. The van der Waals surface area contributed by atoms with Crippen LogP contribution in [0, 0.1) is 0 Å². The van der Waals surface area contributed by atoms with Gasteiger partial charge in [0.05, 0.1) is 23.1 Å². The summed E-state index contributed by atoms with van der Waals surface area (Å²) in [5, 5.41) is 8.18. The number of nitrogens with one attached hydrogen (secondary N) is 2. The molecule has 11 nitrogen and oxygen atoms in total. The Balaban J connectivity index is 1.33.